The van der Waals surface area contributed by atoms with Gasteiger partial charge in [-0.15, -0.1) is 0 Å². The van der Waals surface area contributed by atoms with Crippen LogP contribution in [0.3, 0.4) is 0 Å². The number of nitriles is 1. The lowest BCUT2D eigenvalue weighted by Crippen LogP contribution is -2.56. The van der Waals surface area contributed by atoms with Gasteiger partial charge in [-0.2, -0.15) is 15.2 Å². The highest BCUT2D eigenvalue weighted by molar-refractivity contribution is 5.64. The summed E-state index contributed by atoms with van der Waals surface area (Å²) in [6, 6.07) is 6.59. The topological polar surface area (TPSA) is 119 Å². The Balaban J connectivity index is 1.13. The van der Waals surface area contributed by atoms with Crippen LogP contribution in [0.4, 0.5) is 15.9 Å². The summed E-state index contributed by atoms with van der Waals surface area (Å²) in [5, 5.41) is 10.2. The minimum atomic E-state index is -0.824. The molecular formula is C32H39FN6O4. The summed E-state index contributed by atoms with van der Waals surface area (Å²) in [6.45, 7) is 7.03. The van der Waals surface area contributed by atoms with Crippen molar-refractivity contribution in [2.24, 2.45) is 0 Å². The van der Waals surface area contributed by atoms with E-state index in [4.69, 9.17) is 34.6 Å². The number of hydrogen-bond donors (Lipinski definition) is 1. The van der Waals surface area contributed by atoms with Crippen molar-refractivity contribution in [2.45, 2.75) is 87.5 Å². The molecule has 0 bridgehead atoms. The number of hydrogen-bond acceptors (Lipinski definition) is 10. The molecule has 1 aromatic heterocycles. The predicted molar refractivity (Wildman–Crippen MR) is 156 cm³/mol. The Morgan fingerprint density at radius 1 is 1.19 bits per heavy atom. The Kier molecular flexibility index (Phi) is 6.56. The number of nitrogen functional groups attached to an aromatic ring is 1. The number of nitrogens with two attached hydrogens (primary N) is 1. The van der Waals surface area contributed by atoms with E-state index in [1.54, 1.807) is 0 Å². The van der Waals surface area contributed by atoms with Crippen molar-refractivity contribution in [3.8, 4) is 12.1 Å². The zero-order chi connectivity index (χ0) is 29.3. The van der Waals surface area contributed by atoms with E-state index in [0.717, 1.165) is 73.5 Å². The summed E-state index contributed by atoms with van der Waals surface area (Å²) in [4.78, 5) is 14.4. The van der Waals surface area contributed by atoms with Gasteiger partial charge in [-0.05, 0) is 49.8 Å². The van der Waals surface area contributed by atoms with E-state index in [-0.39, 0.29) is 17.7 Å². The Hall–Kier alpha value is -3.04. The fourth-order valence-corrected chi connectivity index (χ4v) is 8.26. The summed E-state index contributed by atoms with van der Waals surface area (Å²) in [7, 11) is 0. The highest BCUT2D eigenvalue weighted by Gasteiger charge is 2.50. The van der Waals surface area contributed by atoms with Gasteiger partial charge < -0.3 is 29.6 Å². The van der Waals surface area contributed by atoms with Crippen molar-refractivity contribution >= 4 is 11.5 Å². The summed E-state index contributed by atoms with van der Waals surface area (Å²) < 4.78 is 39.1. The van der Waals surface area contributed by atoms with Crippen molar-refractivity contribution in [2.75, 3.05) is 56.6 Å². The van der Waals surface area contributed by atoms with E-state index in [9.17, 15) is 9.65 Å². The Labute approximate surface area is 251 Å². The maximum absolute atomic E-state index is 14.5. The fourth-order valence-electron chi connectivity index (χ4n) is 8.26. The molecule has 11 heteroatoms. The monoisotopic (exact) mass is 590 g/mol. The molecule has 4 atom stereocenters. The third kappa shape index (κ3) is 4.48. The van der Waals surface area contributed by atoms with Crippen LogP contribution in [-0.2, 0) is 32.8 Å². The molecule has 1 aliphatic carbocycles. The SMILES string of the molecule is C[C@H]1CC[C@]2(Cc3nc(OC[C@@]45CCCN4C[C@H](F)C5)nc(N4CC(OC5COC5)C4)c3CO2)c2c1ccc(N)c2C#N. The molecule has 4 fully saturated rings. The van der Waals surface area contributed by atoms with Crippen LogP contribution in [0.2, 0.25) is 0 Å². The minimum absolute atomic E-state index is 0.124. The summed E-state index contributed by atoms with van der Waals surface area (Å²) in [6.07, 6.45) is 4.15. The number of benzene rings is 1. The molecule has 4 saturated heterocycles. The largest absolute Gasteiger partial charge is 0.461 e. The molecule has 5 aliphatic heterocycles. The molecule has 1 aromatic carbocycles. The molecule has 10 nitrogen and oxygen atoms in total. The van der Waals surface area contributed by atoms with Gasteiger partial charge in [0.2, 0.25) is 0 Å². The van der Waals surface area contributed by atoms with Crippen LogP contribution in [-0.4, -0.2) is 84.8 Å². The molecule has 2 aromatic rings. The lowest BCUT2D eigenvalue weighted by Gasteiger charge is -2.46. The van der Waals surface area contributed by atoms with Gasteiger partial charge in [0, 0.05) is 49.3 Å². The molecule has 1 spiro atoms. The normalized spacial score (nSPS) is 32.1. The first-order chi connectivity index (χ1) is 20.9. The van der Waals surface area contributed by atoms with E-state index in [2.05, 4.69) is 28.9 Å². The van der Waals surface area contributed by atoms with E-state index in [1.807, 2.05) is 6.07 Å². The summed E-state index contributed by atoms with van der Waals surface area (Å²) >= 11 is 0. The van der Waals surface area contributed by atoms with Gasteiger partial charge in [-0.1, -0.05) is 13.0 Å². The smallest absolute Gasteiger partial charge is 0.318 e. The summed E-state index contributed by atoms with van der Waals surface area (Å²) in [5.74, 6) is 1.12. The Morgan fingerprint density at radius 2 is 2.05 bits per heavy atom. The molecular weight excluding hydrogens is 551 g/mol. The molecule has 228 valence electrons. The van der Waals surface area contributed by atoms with Gasteiger partial charge in [-0.3, -0.25) is 4.90 Å². The van der Waals surface area contributed by atoms with Crippen LogP contribution in [0.25, 0.3) is 0 Å². The molecule has 0 unspecified atom stereocenters. The third-order valence-corrected chi connectivity index (χ3v) is 10.7. The van der Waals surface area contributed by atoms with Crippen LogP contribution in [0.15, 0.2) is 12.1 Å². The van der Waals surface area contributed by atoms with Gasteiger partial charge in [0.05, 0.1) is 42.7 Å². The molecule has 6 heterocycles. The van der Waals surface area contributed by atoms with Crippen molar-refractivity contribution in [1.29, 1.82) is 5.26 Å². The third-order valence-electron chi connectivity index (χ3n) is 10.7. The molecule has 0 radical (unpaired) electrons. The van der Waals surface area contributed by atoms with Crippen LogP contribution in [0.1, 0.15) is 72.9 Å². The molecule has 43 heavy (non-hydrogen) atoms. The Morgan fingerprint density at radius 3 is 2.84 bits per heavy atom. The van der Waals surface area contributed by atoms with Gasteiger partial charge in [0.15, 0.2) is 0 Å². The second kappa shape index (κ2) is 10.3. The molecule has 0 saturated carbocycles. The van der Waals surface area contributed by atoms with E-state index < -0.39 is 11.8 Å². The quantitative estimate of drug-likeness (QED) is 0.502. The predicted octanol–water partition coefficient (Wildman–Crippen LogP) is 3.36. The minimum Gasteiger partial charge on any atom is -0.461 e. The van der Waals surface area contributed by atoms with Crippen LogP contribution in [0, 0.1) is 11.3 Å². The van der Waals surface area contributed by atoms with Gasteiger partial charge in [0.25, 0.3) is 0 Å². The number of halogens is 1. The van der Waals surface area contributed by atoms with Crippen molar-refractivity contribution in [3.05, 3.63) is 40.1 Å². The number of alkyl halides is 1. The van der Waals surface area contributed by atoms with Crippen LogP contribution < -0.4 is 15.4 Å². The number of rotatable bonds is 6. The maximum Gasteiger partial charge on any atom is 0.318 e. The average molecular weight is 591 g/mol. The second-order valence-corrected chi connectivity index (χ2v) is 13.4. The van der Waals surface area contributed by atoms with Gasteiger partial charge in [0.1, 0.15) is 36.4 Å². The van der Waals surface area contributed by atoms with E-state index in [1.165, 1.54) is 0 Å². The molecule has 2 N–H and O–H groups in total. The van der Waals surface area contributed by atoms with Crippen molar-refractivity contribution in [3.63, 3.8) is 0 Å². The van der Waals surface area contributed by atoms with E-state index >= 15 is 0 Å². The average Bonchev–Trinajstić information content (AvgIpc) is 3.47. The highest BCUT2D eigenvalue weighted by Crippen LogP contribution is 2.51. The van der Waals surface area contributed by atoms with Crippen molar-refractivity contribution in [1.82, 2.24) is 14.9 Å². The molecule has 0 amide bonds. The first kappa shape index (κ1) is 27.5. The van der Waals surface area contributed by atoms with Crippen LogP contribution in [0.5, 0.6) is 6.01 Å². The highest BCUT2D eigenvalue weighted by atomic mass is 19.1. The van der Waals surface area contributed by atoms with Crippen molar-refractivity contribution < 1.29 is 23.3 Å². The first-order valence-corrected chi connectivity index (χ1v) is 15.7. The fraction of sp³-hybridized carbons (Fsp3) is 0.656. The number of aromatic nitrogens is 2. The second-order valence-electron chi connectivity index (χ2n) is 13.4. The van der Waals surface area contributed by atoms with Gasteiger partial charge in [-0.25, -0.2) is 4.39 Å². The number of fused-ring (bicyclic) bond motifs is 4. The Bertz CT molecular complexity index is 1470. The molecule has 6 aliphatic rings. The molecule has 8 rings (SSSR count). The number of ether oxygens (including phenoxy) is 4. The standard InChI is InChI=1S/C32H39FN6O4/c1-19-5-7-32(28-23(19)3-4-26(35)24(28)11-34)10-27-25(17-42-32)29(38-13-21(14-38)43-22-15-40-16-22)37-30(36-27)41-18-31-6-2-8-39(31)12-20(33)9-31/h3-4,19-22H,2,5-10,12-18,35H2,1H3/t19-,20+,31-,32-/m0/s1. The zero-order valence-corrected chi connectivity index (χ0v) is 24.7. The number of nitrogens with zero attached hydrogens (tertiary/aromatic N) is 5. The van der Waals surface area contributed by atoms with Crippen LogP contribution >= 0.6 is 0 Å². The maximum atomic E-state index is 14.5. The first-order valence-electron chi connectivity index (χ1n) is 15.7. The number of anilines is 2. The summed E-state index contributed by atoms with van der Waals surface area (Å²) in [5.41, 5.74) is 10.2. The van der Waals surface area contributed by atoms with E-state index in [0.29, 0.717) is 69.0 Å². The lowest BCUT2D eigenvalue weighted by atomic mass is 9.69. The van der Waals surface area contributed by atoms with Gasteiger partial charge >= 0.3 is 6.01 Å². The lowest BCUT2D eigenvalue weighted by molar-refractivity contribution is -0.158. The zero-order valence-electron chi connectivity index (χ0n) is 24.7.